The maximum Gasteiger partial charge on any atom is 0.135 e. The van der Waals surface area contributed by atoms with E-state index in [4.69, 9.17) is 5.11 Å². The van der Waals surface area contributed by atoms with Crippen molar-refractivity contribution in [1.29, 1.82) is 0 Å². The lowest BCUT2D eigenvalue weighted by Crippen LogP contribution is -2.05. The fourth-order valence-corrected chi connectivity index (χ4v) is 0.105. The van der Waals surface area contributed by atoms with E-state index in [9.17, 15) is 4.79 Å². The van der Waals surface area contributed by atoms with E-state index >= 15 is 0 Å². The summed E-state index contributed by atoms with van der Waals surface area (Å²) >= 11 is 0. The van der Waals surface area contributed by atoms with Crippen LogP contribution in [-0.2, 0) is 4.79 Å². The molecule has 2 heteroatoms. The molecule has 0 spiro atoms. The molecule has 2 nitrogen and oxygen atoms in total. The van der Waals surface area contributed by atoms with Crippen LogP contribution in [0.15, 0.2) is 0 Å². The molecule has 0 rings (SSSR count). The fourth-order valence-electron chi connectivity index (χ4n) is 0.105. The highest BCUT2D eigenvalue weighted by Crippen LogP contribution is 1.95. The van der Waals surface area contributed by atoms with Crippen LogP contribution in [0.3, 0.4) is 0 Å². The number of ketones is 1. The summed E-state index contributed by atoms with van der Waals surface area (Å²) in [5, 5.41) is 8.16. The lowest BCUT2D eigenvalue weighted by molar-refractivity contribution is -0.120. The Morgan fingerprint density at radius 1 is 1.86 bits per heavy atom. The highest BCUT2D eigenvalue weighted by atomic mass is 16.3. The zero-order chi connectivity index (χ0) is 5.86. The van der Waals surface area contributed by atoms with Crippen molar-refractivity contribution in [1.82, 2.24) is 0 Å². The molecule has 0 aliphatic carbocycles. The minimum atomic E-state index is -0.306. The second kappa shape index (κ2) is 2.75. The molecule has 0 aromatic carbocycles. The molecule has 41 valence electrons. The number of aliphatic hydroxyl groups is 1. The third-order valence-corrected chi connectivity index (χ3v) is 0.865. The SMILES string of the molecule is CC(=O)C(C)[CH]O. The van der Waals surface area contributed by atoms with Gasteiger partial charge in [-0.2, -0.15) is 0 Å². The average molecular weight is 101 g/mol. The first-order valence-corrected chi connectivity index (χ1v) is 2.16. The Bertz CT molecular complexity index is 68.5. The third kappa shape index (κ3) is 2.34. The monoisotopic (exact) mass is 101 g/mol. The van der Waals surface area contributed by atoms with Gasteiger partial charge in [0, 0.05) is 5.92 Å². The third-order valence-electron chi connectivity index (χ3n) is 0.865. The summed E-state index contributed by atoms with van der Waals surface area (Å²) in [7, 11) is 0. The molecular formula is C5H9O2. The highest BCUT2D eigenvalue weighted by molar-refractivity contribution is 5.78. The molecule has 0 saturated carbocycles. The minimum absolute atomic E-state index is 0.0116. The number of aliphatic hydroxyl groups excluding tert-OH is 1. The van der Waals surface area contributed by atoms with Crippen LogP contribution in [0.25, 0.3) is 0 Å². The van der Waals surface area contributed by atoms with Crippen LogP contribution in [0.2, 0.25) is 0 Å². The molecule has 1 N–H and O–H groups in total. The van der Waals surface area contributed by atoms with Gasteiger partial charge in [0.25, 0.3) is 0 Å². The van der Waals surface area contributed by atoms with Crippen molar-refractivity contribution in [2.24, 2.45) is 5.92 Å². The van der Waals surface area contributed by atoms with Crippen LogP contribution >= 0.6 is 0 Å². The number of hydrogen-bond acceptors (Lipinski definition) is 2. The van der Waals surface area contributed by atoms with Gasteiger partial charge in [0.1, 0.15) is 5.78 Å². The van der Waals surface area contributed by atoms with E-state index in [0.29, 0.717) is 0 Å². The highest BCUT2D eigenvalue weighted by Gasteiger charge is 2.03. The zero-order valence-corrected chi connectivity index (χ0v) is 4.51. The summed E-state index contributed by atoms with van der Waals surface area (Å²) < 4.78 is 0. The first kappa shape index (κ1) is 6.63. The van der Waals surface area contributed by atoms with Crippen molar-refractivity contribution < 1.29 is 9.90 Å². The topological polar surface area (TPSA) is 37.3 Å². The first-order valence-electron chi connectivity index (χ1n) is 2.16. The predicted molar refractivity (Wildman–Crippen MR) is 26.1 cm³/mol. The standard InChI is InChI=1S/C5H9O2/c1-4(3-6)5(2)7/h3-4,6H,1-2H3. The molecule has 0 aliphatic heterocycles. The second-order valence-corrected chi connectivity index (χ2v) is 1.55. The van der Waals surface area contributed by atoms with Gasteiger partial charge >= 0.3 is 0 Å². The summed E-state index contributed by atoms with van der Waals surface area (Å²) in [5.74, 6) is -0.317. The number of rotatable bonds is 2. The Labute approximate surface area is 43.2 Å². The van der Waals surface area contributed by atoms with Crippen LogP contribution in [0.5, 0.6) is 0 Å². The summed E-state index contributed by atoms with van der Waals surface area (Å²) in [6.07, 6.45) is 0. The minimum Gasteiger partial charge on any atom is -0.390 e. The molecular weight excluding hydrogens is 92.1 g/mol. The quantitative estimate of drug-likeness (QED) is 0.557. The van der Waals surface area contributed by atoms with Crippen LogP contribution in [0.4, 0.5) is 0 Å². The van der Waals surface area contributed by atoms with Crippen molar-refractivity contribution in [2.75, 3.05) is 0 Å². The number of carbonyl (C=O) groups is 1. The Morgan fingerprint density at radius 2 is 2.29 bits per heavy atom. The summed E-state index contributed by atoms with van der Waals surface area (Å²) in [6, 6.07) is 0. The van der Waals surface area contributed by atoms with E-state index in [-0.39, 0.29) is 11.7 Å². The molecule has 0 aromatic rings. The molecule has 1 unspecified atom stereocenters. The molecule has 0 amide bonds. The van der Waals surface area contributed by atoms with Crippen LogP contribution < -0.4 is 0 Å². The van der Waals surface area contributed by atoms with Gasteiger partial charge in [-0.3, -0.25) is 4.79 Å². The zero-order valence-electron chi connectivity index (χ0n) is 4.51. The van der Waals surface area contributed by atoms with E-state index in [1.54, 1.807) is 6.92 Å². The Balaban J connectivity index is 3.34. The van der Waals surface area contributed by atoms with E-state index in [1.165, 1.54) is 6.92 Å². The maximum absolute atomic E-state index is 10.2. The van der Waals surface area contributed by atoms with Gasteiger partial charge in [0.05, 0.1) is 6.61 Å². The fraction of sp³-hybridized carbons (Fsp3) is 0.600. The molecule has 0 bridgehead atoms. The van der Waals surface area contributed by atoms with Crippen molar-refractivity contribution in [3.05, 3.63) is 6.61 Å². The predicted octanol–water partition coefficient (Wildman–Crippen LogP) is 0.746. The van der Waals surface area contributed by atoms with Crippen LogP contribution in [0.1, 0.15) is 13.8 Å². The Morgan fingerprint density at radius 3 is 2.29 bits per heavy atom. The molecule has 0 aliphatic rings. The molecule has 1 atom stereocenters. The lowest BCUT2D eigenvalue weighted by Gasteiger charge is -1.96. The van der Waals surface area contributed by atoms with Crippen molar-refractivity contribution in [3.63, 3.8) is 0 Å². The van der Waals surface area contributed by atoms with Gasteiger partial charge < -0.3 is 5.11 Å². The van der Waals surface area contributed by atoms with Crippen molar-refractivity contribution in [3.8, 4) is 0 Å². The number of Topliss-reactive ketones (excluding diaryl/α,β-unsaturated/α-hetero) is 1. The van der Waals surface area contributed by atoms with Gasteiger partial charge in [0.15, 0.2) is 0 Å². The maximum atomic E-state index is 10.2. The summed E-state index contributed by atoms with van der Waals surface area (Å²) in [5.41, 5.74) is 0. The van der Waals surface area contributed by atoms with E-state index in [1.807, 2.05) is 0 Å². The number of carbonyl (C=O) groups excluding carboxylic acids is 1. The Hall–Kier alpha value is -0.370. The van der Waals surface area contributed by atoms with E-state index in [2.05, 4.69) is 0 Å². The van der Waals surface area contributed by atoms with E-state index < -0.39 is 0 Å². The van der Waals surface area contributed by atoms with Gasteiger partial charge in [-0.15, -0.1) is 0 Å². The number of hydrogen-bond donors (Lipinski definition) is 1. The molecule has 7 heavy (non-hydrogen) atoms. The summed E-state index contributed by atoms with van der Waals surface area (Å²) in [6.45, 7) is 3.97. The second-order valence-electron chi connectivity index (χ2n) is 1.55. The van der Waals surface area contributed by atoms with E-state index in [0.717, 1.165) is 6.61 Å². The van der Waals surface area contributed by atoms with Gasteiger partial charge in [-0.1, -0.05) is 6.92 Å². The largest absolute Gasteiger partial charge is 0.390 e. The van der Waals surface area contributed by atoms with Gasteiger partial charge in [-0.05, 0) is 6.92 Å². The molecule has 0 aromatic heterocycles. The molecule has 0 fully saturated rings. The van der Waals surface area contributed by atoms with Crippen LogP contribution in [0, 0.1) is 12.5 Å². The van der Waals surface area contributed by atoms with Gasteiger partial charge in [-0.25, -0.2) is 0 Å². The van der Waals surface area contributed by atoms with Crippen molar-refractivity contribution in [2.45, 2.75) is 13.8 Å². The molecule has 0 saturated heterocycles. The van der Waals surface area contributed by atoms with Gasteiger partial charge in [0.2, 0.25) is 0 Å². The average Bonchev–Trinajstić information content (AvgIpc) is 1.65. The van der Waals surface area contributed by atoms with Crippen molar-refractivity contribution >= 4 is 5.78 Å². The summed E-state index contributed by atoms with van der Waals surface area (Å²) in [4.78, 5) is 10.2. The smallest absolute Gasteiger partial charge is 0.135 e. The normalized spacial score (nSPS) is 13.6. The first-order chi connectivity index (χ1) is 3.18. The molecule has 1 radical (unpaired) electrons. The molecule has 0 heterocycles. The van der Waals surface area contributed by atoms with Crippen LogP contribution in [-0.4, -0.2) is 10.9 Å². The lowest BCUT2D eigenvalue weighted by atomic mass is 10.1. The Kier molecular flexibility index (Phi) is 2.60.